The molecule has 3 heteroatoms. The van der Waals surface area contributed by atoms with Crippen LogP contribution < -0.4 is 4.90 Å². The third-order valence-electron chi connectivity index (χ3n) is 3.77. The van der Waals surface area contributed by atoms with Gasteiger partial charge in [0.05, 0.1) is 10.2 Å². The van der Waals surface area contributed by atoms with Crippen LogP contribution in [0.2, 0.25) is 0 Å². The van der Waals surface area contributed by atoms with Gasteiger partial charge in [-0.2, -0.15) is 0 Å². The van der Waals surface area contributed by atoms with Gasteiger partial charge in [0, 0.05) is 25.0 Å². The molecular formula is C12H15BrN2. The zero-order chi connectivity index (χ0) is 10.3. The Morgan fingerprint density at radius 2 is 2.07 bits per heavy atom. The summed E-state index contributed by atoms with van der Waals surface area (Å²) in [5, 5.41) is 0. The minimum absolute atomic E-state index is 0.772. The van der Waals surface area contributed by atoms with Crippen LogP contribution in [-0.2, 0) is 0 Å². The van der Waals surface area contributed by atoms with Gasteiger partial charge >= 0.3 is 0 Å². The molecule has 1 aliphatic carbocycles. The molecule has 2 bridgehead atoms. The highest BCUT2D eigenvalue weighted by molar-refractivity contribution is 9.10. The van der Waals surface area contributed by atoms with Crippen LogP contribution in [0.4, 0.5) is 5.69 Å². The number of fused-ring (bicyclic) bond motifs is 3. The van der Waals surface area contributed by atoms with Gasteiger partial charge in [-0.25, -0.2) is 0 Å². The van der Waals surface area contributed by atoms with Gasteiger partial charge < -0.3 is 4.90 Å². The molecule has 1 aromatic rings. The monoisotopic (exact) mass is 266 g/mol. The van der Waals surface area contributed by atoms with Crippen molar-refractivity contribution in [3.63, 3.8) is 0 Å². The standard InChI is InChI=1S/C12H15BrN2/c13-11-7-14-6-5-12(11)15-8-9-1-3-10(15)4-2-9/h5-7,9-10H,1-4,8H2. The van der Waals surface area contributed by atoms with Gasteiger partial charge in [0.1, 0.15) is 0 Å². The van der Waals surface area contributed by atoms with Gasteiger partial charge in [-0.1, -0.05) is 0 Å². The summed E-state index contributed by atoms with van der Waals surface area (Å²) in [5.41, 5.74) is 1.33. The number of hydrogen-bond acceptors (Lipinski definition) is 2. The first-order valence-corrected chi connectivity index (χ1v) is 6.50. The highest BCUT2D eigenvalue weighted by Gasteiger charge is 2.34. The highest BCUT2D eigenvalue weighted by atomic mass is 79.9. The molecule has 0 unspecified atom stereocenters. The first-order valence-electron chi connectivity index (χ1n) is 5.71. The lowest BCUT2D eigenvalue weighted by Crippen LogP contribution is -2.48. The maximum absolute atomic E-state index is 4.13. The highest BCUT2D eigenvalue weighted by Crippen LogP contribution is 2.39. The van der Waals surface area contributed by atoms with Crippen LogP contribution in [-0.4, -0.2) is 17.6 Å². The molecule has 2 nitrogen and oxygen atoms in total. The molecule has 4 rings (SSSR count). The van der Waals surface area contributed by atoms with Crippen molar-refractivity contribution < 1.29 is 0 Å². The van der Waals surface area contributed by atoms with E-state index in [4.69, 9.17) is 0 Å². The normalized spacial score (nSPS) is 29.5. The molecule has 1 saturated carbocycles. The molecule has 3 aliphatic rings. The zero-order valence-electron chi connectivity index (χ0n) is 8.69. The number of piperidine rings is 2. The Kier molecular flexibility index (Phi) is 2.43. The molecule has 2 saturated heterocycles. The van der Waals surface area contributed by atoms with Crippen molar-refractivity contribution in [2.75, 3.05) is 11.4 Å². The Morgan fingerprint density at radius 3 is 2.67 bits per heavy atom. The molecule has 0 amide bonds. The number of halogens is 1. The van der Waals surface area contributed by atoms with Crippen molar-refractivity contribution in [2.24, 2.45) is 5.92 Å². The average Bonchev–Trinajstić information content (AvgIpc) is 2.31. The van der Waals surface area contributed by atoms with Gasteiger partial charge in [0.25, 0.3) is 0 Å². The summed E-state index contributed by atoms with van der Waals surface area (Å²) in [6.45, 7) is 1.24. The second-order valence-corrected chi connectivity index (χ2v) is 5.51. The van der Waals surface area contributed by atoms with Crippen molar-refractivity contribution in [3.8, 4) is 0 Å². The van der Waals surface area contributed by atoms with Crippen LogP contribution in [0.5, 0.6) is 0 Å². The fraction of sp³-hybridized carbons (Fsp3) is 0.583. The second-order valence-electron chi connectivity index (χ2n) is 4.65. The number of anilines is 1. The van der Waals surface area contributed by atoms with E-state index in [1.807, 2.05) is 12.4 Å². The third kappa shape index (κ3) is 1.67. The predicted octanol–water partition coefficient (Wildman–Crippen LogP) is 3.22. The van der Waals surface area contributed by atoms with E-state index in [2.05, 4.69) is 31.9 Å². The number of rotatable bonds is 1. The number of hydrogen-bond donors (Lipinski definition) is 0. The molecule has 0 spiro atoms. The van der Waals surface area contributed by atoms with Crippen molar-refractivity contribution in [1.29, 1.82) is 0 Å². The van der Waals surface area contributed by atoms with E-state index in [1.54, 1.807) is 0 Å². The SMILES string of the molecule is Brc1cnccc1N1CC2CCC1CC2. The van der Waals surface area contributed by atoms with Gasteiger partial charge in [-0.15, -0.1) is 0 Å². The van der Waals surface area contributed by atoms with E-state index >= 15 is 0 Å². The Labute approximate surface area is 98.8 Å². The second kappa shape index (κ2) is 3.78. The third-order valence-corrected chi connectivity index (χ3v) is 4.38. The Bertz CT molecular complexity index is 358. The molecule has 3 fully saturated rings. The first-order chi connectivity index (χ1) is 7.34. The minimum Gasteiger partial charge on any atom is -0.367 e. The van der Waals surface area contributed by atoms with Crippen LogP contribution in [0.25, 0.3) is 0 Å². The molecule has 0 atom stereocenters. The maximum atomic E-state index is 4.13. The summed E-state index contributed by atoms with van der Waals surface area (Å²) >= 11 is 3.60. The average molecular weight is 267 g/mol. The lowest BCUT2D eigenvalue weighted by Gasteiger charge is -2.47. The summed E-state index contributed by atoms with van der Waals surface area (Å²) in [6.07, 6.45) is 9.41. The Balaban J connectivity index is 1.91. The van der Waals surface area contributed by atoms with Crippen molar-refractivity contribution in [1.82, 2.24) is 4.98 Å². The van der Waals surface area contributed by atoms with Gasteiger partial charge in [-0.05, 0) is 53.6 Å². The number of nitrogens with zero attached hydrogens (tertiary/aromatic N) is 2. The maximum Gasteiger partial charge on any atom is 0.0592 e. The Morgan fingerprint density at radius 1 is 1.27 bits per heavy atom. The van der Waals surface area contributed by atoms with E-state index < -0.39 is 0 Å². The molecule has 80 valence electrons. The number of pyridine rings is 1. The molecule has 0 N–H and O–H groups in total. The number of aromatic nitrogens is 1. The fourth-order valence-corrected chi connectivity index (χ4v) is 3.44. The van der Waals surface area contributed by atoms with E-state index in [0.717, 1.165) is 16.4 Å². The van der Waals surface area contributed by atoms with Crippen LogP contribution in [0.1, 0.15) is 25.7 Å². The molecule has 3 heterocycles. The van der Waals surface area contributed by atoms with E-state index in [-0.39, 0.29) is 0 Å². The van der Waals surface area contributed by atoms with Gasteiger partial charge in [-0.3, -0.25) is 4.98 Å². The lowest BCUT2D eigenvalue weighted by molar-refractivity contribution is 0.252. The molecule has 0 aromatic carbocycles. The molecule has 15 heavy (non-hydrogen) atoms. The summed E-state index contributed by atoms with van der Waals surface area (Å²) in [5.74, 6) is 0.926. The molecule has 1 aromatic heterocycles. The van der Waals surface area contributed by atoms with Crippen molar-refractivity contribution >= 4 is 21.6 Å². The topological polar surface area (TPSA) is 16.1 Å². The smallest absolute Gasteiger partial charge is 0.0592 e. The van der Waals surface area contributed by atoms with Gasteiger partial charge in [0.15, 0.2) is 0 Å². The van der Waals surface area contributed by atoms with Crippen molar-refractivity contribution in [3.05, 3.63) is 22.9 Å². The molecular weight excluding hydrogens is 252 g/mol. The van der Waals surface area contributed by atoms with E-state index in [1.165, 1.54) is 37.9 Å². The predicted molar refractivity (Wildman–Crippen MR) is 65.0 cm³/mol. The quantitative estimate of drug-likeness (QED) is 0.776. The summed E-state index contributed by atoms with van der Waals surface area (Å²) < 4.78 is 1.14. The van der Waals surface area contributed by atoms with Gasteiger partial charge in [0.2, 0.25) is 0 Å². The minimum atomic E-state index is 0.772. The summed E-state index contributed by atoms with van der Waals surface area (Å²) in [6, 6.07) is 2.90. The summed E-state index contributed by atoms with van der Waals surface area (Å²) in [4.78, 5) is 6.70. The van der Waals surface area contributed by atoms with Crippen LogP contribution >= 0.6 is 15.9 Å². The van der Waals surface area contributed by atoms with Crippen molar-refractivity contribution in [2.45, 2.75) is 31.7 Å². The zero-order valence-corrected chi connectivity index (χ0v) is 10.3. The van der Waals surface area contributed by atoms with Crippen LogP contribution in [0.15, 0.2) is 22.9 Å². The summed E-state index contributed by atoms with van der Waals surface area (Å²) in [7, 11) is 0. The molecule has 2 aliphatic heterocycles. The fourth-order valence-electron chi connectivity index (χ4n) is 2.96. The first kappa shape index (κ1) is 9.64. The Hall–Kier alpha value is -0.570. The van der Waals surface area contributed by atoms with Crippen LogP contribution in [0, 0.1) is 5.92 Å². The lowest BCUT2D eigenvalue weighted by atomic mass is 9.80. The van der Waals surface area contributed by atoms with E-state index in [0.29, 0.717) is 0 Å². The molecule has 0 radical (unpaired) electrons. The van der Waals surface area contributed by atoms with E-state index in [9.17, 15) is 0 Å². The van der Waals surface area contributed by atoms with Crippen LogP contribution in [0.3, 0.4) is 0 Å². The largest absolute Gasteiger partial charge is 0.367 e.